The number of benzene rings is 2. The van der Waals surface area contributed by atoms with Crippen molar-refractivity contribution >= 4 is 12.0 Å². The Kier molecular flexibility index (Phi) is 4.99. The minimum absolute atomic E-state index is 0.400. The van der Waals surface area contributed by atoms with Crippen LogP contribution < -0.4 is 9.47 Å². The highest BCUT2D eigenvalue weighted by atomic mass is 16.5. The molecule has 3 nitrogen and oxygen atoms in total. The number of hydrogen-bond donors (Lipinski definition) is 0. The van der Waals surface area contributed by atoms with Gasteiger partial charge >= 0.3 is 5.97 Å². The summed E-state index contributed by atoms with van der Waals surface area (Å²) < 4.78 is 10.7. The fraction of sp³-hybridized carbons (Fsp3) is 0.211. The van der Waals surface area contributed by atoms with Crippen LogP contribution in [0.3, 0.4) is 0 Å². The largest absolute Gasteiger partial charge is 0.496 e. The van der Waals surface area contributed by atoms with Gasteiger partial charge in [0.05, 0.1) is 7.11 Å². The van der Waals surface area contributed by atoms with Crippen molar-refractivity contribution in [1.29, 1.82) is 0 Å². The summed E-state index contributed by atoms with van der Waals surface area (Å²) in [7, 11) is 1.60. The lowest BCUT2D eigenvalue weighted by Crippen LogP contribution is -2.07. The smallest absolute Gasteiger partial charge is 0.336 e. The van der Waals surface area contributed by atoms with Gasteiger partial charge in [-0.2, -0.15) is 0 Å². The van der Waals surface area contributed by atoms with Crippen LogP contribution in [0.15, 0.2) is 42.5 Å². The fourth-order valence-electron chi connectivity index (χ4n) is 2.18. The predicted octanol–water partition coefficient (Wildman–Crippen LogP) is 4.24. The molecule has 3 heteroatoms. The minimum Gasteiger partial charge on any atom is -0.496 e. The maximum atomic E-state index is 12.1. The maximum Gasteiger partial charge on any atom is 0.336 e. The molecule has 2 aromatic rings. The Balaban J connectivity index is 2.17. The van der Waals surface area contributed by atoms with E-state index in [1.807, 2.05) is 57.2 Å². The Bertz CT molecular complexity index is 715. The van der Waals surface area contributed by atoms with E-state index in [-0.39, 0.29) is 0 Å². The van der Waals surface area contributed by atoms with E-state index >= 15 is 0 Å². The molecule has 0 spiro atoms. The number of carbonyl (C=O) groups is 1. The summed E-state index contributed by atoms with van der Waals surface area (Å²) in [6, 6.07) is 11.5. The molecule has 0 aliphatic heterocycles. The van der Waals surface area contributed by atoms with Crippen LogP contribution in [0.25, 0.3) is 6.08 Å². The van der Waals surface area contributed by atoms with Crippen molar-refractivity contribution in [2.24, 2.45) is 0 Å². The number of aryl methyl sites for hydroxylation is 2. The van der Waals surface area contributed by atoms with Crippen LogP contribution in [0, 0.1) is 20.8 Å². The predicted molar refractivity (Wildman–Crippen MR) is 88.3 cm³/mol. The van der Waals surface area contributed by atoms with Gasteiger partial charge in [-0.3, -0.25) is 0 Å². The third-order valence-corrected chi connectivity index (χ3v) is 3.61. The Morgan fingerprint density at radius 3 is 2.41 bits per heavy atom. The highest BCUT2D eigenvalue weighted by Crippen LogP contribution is 2.26. The van der Waals surface area contributed by atoms with E-state index in [1.165, 1.54) is 6.08 Å². The number of rotatable bonds is 4. The van der Waals surface area contributed by atoms with Crippen LogP contribution in [0.4, 0.5) is 0 Å². The van der Waals surface area contributed by atoms with Crippen LogP contribution in [-0.2, 0) is 4.79 Å². The number of hydrogen-bond acceptors (Lipinski definition) is 3. The molecule has 0 atom stereocenters. The van der Waals surface area contributed by atoms with E-state index in [0.717, 1.165) is 28.0 Å². The molecular weight excluding hydrogens is 276 g/mol. The SMILES string of the molecule is COc1ccccc1C=CC(=O)Oc1c(C)ccc(C)c1C. The first-order chi connectivity index (χ1) is 10.5. The third kappa shape index (κ3) is 3.55. The molecule has 0 aromatic heterocycles. The van der Waals surface area contributed by atoms with Crippen LogP contribution >= 0.6 is 0 Å². The lowest BCUT2D eigenvalue weighted by Gasteiger charge is -2.11. The molecule has 0 fully saturated rings. The fourth-order valence-corrected chi connectivity index (χ4v) is 2.18. The zero-order chi connectivity index (χ0) is 16.1. The van der Waals surface area contributed by atoms with Crippen LogP contribution in [0.2, 0.25) is 0 Å². The maximum absolute atomic E-state index is 12.1. The molecule has 0 aliphatic carbocycles. The third-order valence-electron chi connectivity index (χ3n) is 3.61. The van der Waals surface area contributed by atoms with Crippen LogP contribution in [0.5, 0.6) is 11.5 Å². The zero-order valence-electron chi connectivity index (χ0n) is 13.3. The number of methoxy groups -OCH3 is 1. The zero-order valence-corrected chi connectivity index (χ0v) is 13.3. The van der Waals surface area contributed by atoms with Crippen molar-refractivity contribution < 1.29 is 14.3 Å². The second kappa shape index (κ2) is 6.94. The molecule has 2 aromatic carbocycles. The molecule has 0 N–H and O–H groups in total. The highest BCUT2D eigenvalue weighted by Gasteiger charge is 2.09. The normalized spacial score (nSPS) is 10.7. The lowest BCUT2D eigenvalue weighted by molar-refractivity contribution is -0.129. The van der Waals surface area contributed by atoms with Gasteiger partial charge in [0.15, 0.2) is 0 Å². The Labute approximate surface area is 131 Å². The number of esters is 1. The average molecular weight is 296 g/mol. The van der Waals surface area contributed by atoms with E-state index < -0.39 is 5.97 Å². The monoisotopic (exact) mass is 296 g/mol. The van der Waals surface area contributed by atoms with Gasteiger partial charge < -0.3 is 9.47 Å². The van der Waals surface area contributed by atoms with Crippen LogP contribution in [0.1, 0.15) is 22.3 Å². The van der Waals surface area contributed by atoms with Gasteiger partial charge in [-0.15, -0.1) is 0 Å². The molecule has 0 bridgehead atoms. The first-order valence-corrected chi connectivity index (χ1v) is 7.12. The Morgan fingerprint density at radius 1 is 1.00 bits per heavy atom. The van der Waals surface area contributed by atoms with Gasteiger partial charge in [0.2, 0.25) is 0 Å². The van der Waals surface area contributed by atoms with Crippen LogP contribution in [-0.4, -0.2) is 13.1 Å². The second-order valence-electron chi connectivity index (χ2n) is 5.15. The number of carbonyl (C=O) groups excluding carboxylic acids is 1. The van der Waals surface area contributed by atoms with Gasteiger partial charge in [-0.25, -0.2) is 4.79 Å². The highest BCUT2D eigenvalue weighted by molar-refractivity contribution is 5.89. The molecule has 2 rings (SSSR count). The number of para-hydroxylation sites is 1. The molecule has 22 heavy (non-hydrogen) atoms. The average Bonchev–Trinajstić information content (AvgIpc) is 2.53. The molecule has 0 amide bonds. The van der Waals surface area contributed by atoms with Gasteiger partial charge in [0.1, 0.15) is 11.5 Å². The molecule has 0 saturated heterocycles. The molecular formula is C19H20O3. The summed E-state index contributed by atoms with van der Waals surface area (Å²) in [4.78, 5) is 12.1. The minimum atomic E-state index is -0.400. The molecule has 0 heterocycles. The second-order valence-corrected chi connectivity index (χ2v) is 5.15. The van der Waals surface area contributed by atoms with E-state index in [4.69, 9.17) is 9.47 Å². The van der Waals surface area contributed by atoms with E-state index in [9.17, 15) is 4.79 Å². The molecule has 0 unspecified atom stereocenters. The quantitative estimate of drug-likeness (QED) is 0.481. The molecule has 0 saturated carbocycles. The topological polar surface area (TPSA) is 35.5 Å². The van der Waals surface area contributed by atoms with Gasteiger partial charge in [0, 0.05) is 11.6 Å². The van der Waals surface area contributed by atoms with Crippen molar-refractivity contribution in [3.8, 4) is 11.5 Å². The summed E-state index contributed by atoms with van der Waals surface area (Å²) in [6.45, 7) is 5.88. The van der Waals surface area contributed by atoms with Crippen molar-refractivity contribution in [2.75, 3.05) is 7.11 Å². The Morgan fingerprint density at radius 2 is 1.68 bits per heavy atom. The molecule has 0 aliphatic rings. The van der Waals surface area contributed by atoms with Gasteiger partial charge in [-0.1, -0.05) is 30.3 Å². The van der Waals surface area contributed by atoms with Crippen molar-refractivity contribution in [3.05, 3.63) is 64.7 Å². The van der Waals surface area contributed by atoms with E-state index in [2.05, 4.69) is 0 Å². The van der Waals surface area contributed by atoms with Crippen molar-refractivity contribution in [3.63, 3.8) is 0 Å². The van der Waals surface area contributed by atoms with E-state index in [1.54, 1.807) is 13.2 Å². The van der Waals surface area contributed by atoms with Gasteiger partial charge in [-0.05, 0) is 49.6 Å². The Hall–Kier alpha value is -2.55. The summed E-state index contributed by atoms with van der Waals surface area (Å²) >= 11 is 0. The van der Waals surface area contributed by atoms with Gasteiger partial charge in [0.25, 0.3) is 0 Å². The van der Waals surface area contributed by atoms with Crippen molar-refractivity contribution in [2.45, 2.75) is 20.8 Å². The first kappa shape index (κ1) is 15.8. The summed E-state index contributed by atoms with van der Waals surface area (Å²) in [5.74, 6) is 0.951. The summed E-state index contributed by atoms with van der Waals surface area (Å²) in [6.07, 6.45) is 3.11. The standard InChI is InChI=1S/C19H20O3/c1-13-9-10-14(2)19(15(13)3)22-18(20)12-11-16-7-5-6-8-17(16)21-4/h5-12H,1-4H3. The lowest BCUT2D eigenvalue weighted by atomic mass is 10.1. The summed E-state index contributed by atoms with van der Waals surface area (Å²) in [5.41, 5.74) is 3.86. The molecule has 0 radical (unpaired) electrons. The first-order valence-electron chi connectivity index (χ1n) is 7.12. The number of ether oxygens (including phenoxy) is 2. The molecule has 114 valence electrons. The summed E-state index contributed by atoms with van der Waals surface area (Å²) in [5, 5.41) is 0. The van der Waals surface area contributed by atoms with E-state index in [0.29, 0.717) is 5.75 Å². The van der Waals surface area contributed by atoms with Crippen molar-refractivity contribution in [1.82, 2.24) is 0 Å².